The Morgan fingerprint density at radius 1 is 1.19 bits per heavy atom. The summed E-state index contributed by atoms with van der Waals surface area (Å²) in [7, 11) is 0. The maximum absolute atomic E-state index is 13.0. The number of amides is 2. The van der Waals surface area contributed by atoms with Crippen LogP contribution in [0.4, 0.5) is 24.5 Å². The van der Waals surface area contributed by atoms with Gasteiger partial charge in [-0.1, -0.05) is 23.4 Å². The second-order valence-electron chi connectivity index (χ2n) is 7.14. The molecule has 0 radical (unpaired) electrons. The van der Waals surface area contributed by atoms with Gasteiger partial charge >= 0.3 is 6.18 Å². The SMILES string of the molecule is Cc1noc(-c2ccccc2NC(=O)[C@@H]2CC(=O)N(c3cccc(C(F)(F)F)c3)C2)n1. The lowest BCUT2D eigenvalue weighted by Gasteiger charge is -2.18. The highest BCUT2D eigenvalue weighted by Gasteiger charge is 2.37. The van der Waals surface area contributed by atoms with Crippen molar-refractivity contribution in [2.75, 3.05) is 16.8 Å². The molecule has 1 aliphatic heterocycles. The fourth-order valence-electron chi connectivity index (χ4n) is 3.40. The Hall–Kier alpha value is -3.69. The molecule has 0 bridgehead atoms. The molecule has 31 heavy (non-hydrogen) atoms. The fourth-order valence-corrected chi connectivity index (χ4v) is 3.40. The number of anilines is 2. The first-order chi connectivity index (χ1) is 14.7. The number of para-hydroxylation sites is 1. The minimum atomic E-state index is -4.52. The lowest BCUT2D eigenvalue weighted by Crippen LogP contribution is -2.28. The Balaban J connectivity index is 1.51. The number of nitrogens with zero attached hydrogens (tertiary/aromatic N) is 3. The quantitative estimate of drug-likeness (QED) is 0.675. The van der Waals surface area contributed by atoms with Crippen LogP contribution in [0.2, 0.25) is 0 Å². The van der Waals surface area contributed by atoms with Gasteiger partial charge in [0, 0.05) is 18.7 Å². The molecule has 0 unspecified atom stereocenters. The standard InChI is InChI=1S/C21H17F3N4O3/c1-12-25-20(31-27-12)16-7-2-3-8-17(16)26-19(30)13-9-18(29)28(11-13)15-6-4-5-14(10-15)21(22,23)24/h2-8,10,13H,9,11H2,1H3,(H,26,30)/t13-/m1/s1. The Kier molecular flexibility index (Phi) is 5.22. The fraction of sp³-hybridized carbons (Fsp3) is 0.238. The largest absolute Gasteiger partial charge is 0.416 e. The van der Waals surface area contributed by atoms with E-state index >= 15 is 0 Å². The minimum absolute atomic E-state index is 0.0200. The number of hydrogen-bond donors (Lipinski definition) is 1. The van der Waals surface area contributed by atoms with Gasteiger partial charge in [-0.25, -0.2) is 0 Å². The van der Waals surface area contributed by atoms with E-state index in [9.17, 15) is 22.8 Å². The number of carbonyl (C=O) groups is 2. The van der Waals surface area contributed by atoms with Crippen molar-refractivity contribution < 1.29 is 27.3 Å². The van der Waals surface area contributed by atoms with E-state index in [-0.39, 0.29) is 24.5 Å². The second-order valence-corrected chi connectivity index (χ2v) is 7.14. The van der Waals surface area contributed by atoms with Gasteiger partial charge in [0.2, 0.25) is 11.8 Å². The molecular weight excluding hydrogens is 413 g/mol. The van der Waals surface area contributed by atoms with E-state index in [2.05, 4.69) is 15.5 Å². The number of carbonyl (C=O) groups excluding carboxylic acids is 2. The molecule has 7 nitrogen and oxygen atoms in total. The van der Waals surface area contributed by atoms with E-state index in [1.165, 1.54) is 17.0 Å². The molecule has 1 saturated heterocycles. The molecule has 1 fully saturated rings. The van der Waals surface area contributed by atoms with Crippen LogP contribution in [0.1, 0.15) is 17.8 Å². The number of nitrogens with one attached hydrogen (secondary N) is 1. The van der Waals surface area contributed by atoms with Gasteiger partial charge in [-0.2, -0.15) is 18.2 Å². The Bertz CT molecular complexity index is 1140. The van der Waals surface area contributed by atoms with Crippen LogP contribution in [0.25, 0.3) is 11.5 Å². The molecule has 160 valence electrons. The van der Waals surface area contributed by atoms with Crippen molar-refractivity contribution in [1.82, 2.24) is 10.1 Å². The van der Waals surface area contributed by atoms with Crippen LogP contribution in [0.3, 0.4) is 0 Å². The molecule has 1 aromatic heterocycles. The number of aromatic nitrogens is 2. The molecular formula is C21H17F3N4O3. The van der Waals surface area contributed by atoms with E-state index in [0.29, 0.717) is 17.1 Å². The van der Waals surface area contributed by atoms with Crippen LogP contribution in [-0.2, 0) is 15.8 Å². The van der Waals surface area contributed by atoms with Crippen LogP contribution in [0.5, 0.6) is 0 Å². The Morgan fingerprint density at radius 2 is 1.97 bits per heavy atom. The smallest absolute Gasteiger partial charge is 0.334 e. The molecule has 1 aliphatic rings. The van der Waals surface area contributed by atoms with E-state index in [1.807, 2.05) is 0 Å². The molecule has 3 aromatic rings. The van der Waals surface area contributed by atoms with E-state index < -0.39 is 29.5 Å². The van der Waals surface area contributed by atoms with Gasteiger partial charge in [-0.15, -0.1) is 0 Å². The molecule has 4 rings (SSSR count). The normalized spacial score (nSPS) is 16.6. The average molecular weight is 430 g/mol. The molecule has 0 spiro atoms. The van der Waals surface area contributed by atoms with Crippen molar-refractivity contribution in [1.29, 1.82) is 0 Å². The van der Waals surface area contributed by atoms with Crippen LogP contribution in [-0.4, -0.2) is 28.5 Å². The maximum Gasteiger partial charge on any atom is 0.416 e. The third-order valence-corrected chi connectivity index (χ3v) is 4.92. The molecule has 2 aromatic carbocycles. The lowest BCUT2D eigenvalue weighted by atomic mass is 10.1. The summed E-state index contributed by atoms with van der Waals surface area (Å²) in [6, 6.07) is 11.3. The Labute approximate surface area is 174 Å². The zero-order chi connectivity index (χ0) is 22.2. The van der Waals surface area contributed by atoms with E-state index in [0.717, 1.165) is 12.1 Å². The van der Waals surface area contributed by atoms with Crippen LogP contribution in [0.15, 0.2) is 53.1 Å². The highest BCUT2D eigenvalue weighted by atomic mass is 19.4. The van der Waals surface area contributed by atoms with Gasteiger partial charge in [-0.3, -0.25) is 9.59 Å². The second kappa shape index (κ2) is 7.86. The van der Waals surface area contributed by atoms with Crippen molar-refractivity contribution in [3.05, 3.63) is 59.9 Å². The predicted molar refractivity (Wildman–Crippen MR) is 105 cm³/mol. The summed E-state index contributed by atoms with van der Waals surface area (Å²) in [6.07, 6.45) is -4.63. The minimum Gasteiger partial charge on any atom is -0.334 e. The first kappa shape index (κ1) is 20.6. The van der Waals surface area contributed by atoms with Gasteiger partial charge in [0.25, 0.3) is 5.89 Å². The van der Waals surface area contributed by atoms with Gasteiger partial charge in [0.1, 0.15) is 0 Å². The monoisotopic (exact) mass is 430 g/mol. The zero-order valence-corrected chi connectivity index (χ0v) is 16.3. The number of rotatable bonds is 4. The molecule has 0 saturated carbocycles. The number of benzene rings is 2. The Morgan fingerprint density at radius 3 is 2.68 bits per heavy atom. The summed E-state index contributed by atoms with van der Waals surface area (Å²) in [4.78, 5) is 30.6. The third kappa shape index (κ3) is 4.27. The van der Waals surface area contributed by atoms with Crippen molar-refractivity contribution in [2.45, 2.75) is 19.5 Å². The van der Waals surface area contributed by atoms with Crippen LogP contribution in [0, 0.1) is 12.8 Å². The highest BCUT2D eigenvalue weighted by molar-refractivity contribution is 6.04. The summed E-state index contributed by atoms with van der Waals surface area (Å²) >= 11 is 0. The summed E-state index contributed by atoms with van der Waals surface area (Å²) in [5, 5.41) is 6.50. The number of hydrogen-bond acceptors (Lipinski definition) is 5. The van der Waals surface area contributed by atoms with Gasteiger partial charge < -0.3 is 14.7 Å². The molecule has 1 atom stereocenters. The number of halogens is 3. The van der Waals surface area contributed by atoms with Gasteiger partial charge in [0.15, 0.2) is 5.82 Å². The van der Waals surface area contributed by atoms with E-state index in [1.54, 1.807) is 31.2 Å². The molecule has 1 N–H and O–H groups in total. The number of aryl methyl sites for hydroxylation is 1. The maximum atomic E-state index is 13.0. The van der Waals surface area contributed by atoms with Crippen molar-refractivity contribution in [3.8, 4) is 11.5 Å². The molecule has 2 amide bonds. The average Bonchev–Trinajstić information content (AvgIpc) is 3.33. The van der Waals surface area contributed by atoms with Gasteiger partial charge in [0.05, 0.1) is 22.7 Å². The summed E-state index contributed by atoms with van der Waals surface area (Å²) < 4.78 is 44.1. The van der Waals surface area contributed by atoms with Gasteiger partial charge in [-0.05, 0) is 37.3 Å². The first-order valence-electron chi connectivity index (χ1n) is 9.40. The summed E-state index contributed by atoms with van der Waals surface area (Å²) in [6.45, 7) is 1.65. The predicted octanol–water partition coefficient (Wildman–Crippen LogP) is 4.06. The number of alkyl halides is 3. The highest BCUT2D eigenvalue weighted by Crippen LogP contribution is 2.34. The van der Waals surface area contributed by atoms with Crippen LogP contribution < -0.4 is 10.2 Å². The van der Waals surface area contributed by atoms with Crippen molar-refractivity contribution in [3.63, 3.8) is 0 Å². The lowest BCUT2D eigenvalue weighted by molar-refractivity contribution is -0.137. The summed E-state index contributed by atoms with van der Waals surface area (Å²) in [5.41, 5.74) is 0.211. The van der Waals surface area contributed by atoms with E-state index in [4.69, 9.17) is 4.52 Å². The van der Waals surface area contributed by atoms with Crippen molar-refractivity contribution >= 4 is 23.2 Å². The molecule has 2 heterocycles. The van der Waals surface area contributed by atoms with Crippen molar-refractivity contribution in [2.24, 2.45) is 5.92 Å². The summed E-state index contributed by atoms with van der Waals surface area (Å²) in [5.74, 6) is -0.887. The molecule has 0 aliphatic carbocycles. The zero-order valence-electron chi connectivity index (χ0n) is 16.3. The topological polar surface area (TPSA) is 88.3 Å². The first-order valence-corrected chi connectivity index (χ1v) is 9.40. The molecule has 10 heteroatoms. The third-order valence-electron chi connectivity index (χ3n) is 4.92. The van der Waals surface area contributed by atoms with Crippen LogP contribution >= 0.6 is 0 Å².